The SMILES string of the molecule is Nc1ncnc2c1ncn2[C@@H]1OC(COCc2ccc(S(=O)[O-])cc2)[C@@H](O)[C@H]1O. The van der Waals surface area contributed by atoms with Crippen LogP contribution >= 0.6 is 0 Å². The number of aromatic nitrogens is 4. The first-order chi connectivity index (χ1) is 14.0. The van der Waals surface area contributed by atoms with Crippen molar-refractivity contribution in [2.45, 2.75) is 36.0 Å². The lowest BCUT2D eigenvalue weighted by Gasteiger charge is -2.16. The summed E-state index contributed by atoms with van der Waals surface area (Å²) in [4.78, 5) is 12.3. The van der Waals surface area contributed by atoms with Crippen LogP contribution in [0.5, 0.6) is 0 Å². The van der Waals surface area contributed by atoms with Crippen LogP contribution in [-0.2, 0) is 27.2 Å². The topological polar surface area (TPSA) is 169 Å². The van der Waals surface area contributed by atoms with Gasteiger partial charge in [-0.1, -0.05) is 12.1 Å². The van der Waals surface area contributed by atoms with E-state index in [2.05, 4.69) is 15.0 Å². The second kappa shape index (κ2) is 8.10. The van der Waals surface area contributed by atoms with Crippen molar-refractivity contribution in [1.82, 2.24) is 19.5 Å². The van der Waals surface area contributed by atoms with Crippen LogP contribution in [-0.4, -0.2) is 63.4 Å². The number of hydrogen-bond acceptors (Lipinski definition) is 10. The molecule has 1 aliphatic rings. The molecule has 4 rings (SSSR count). The van der Waals surface area contributed by atoms with Gasteiger partial charge in [-0.15, -0.1) is 0 Å². The maximum Gasteiger partial charge on any atom is 0.167 e. The number of nitrogens with two attached hydrogens (primary N) is 1. The molecule has 2 aromatic heterocycles. The van der Waals surface area contributed by atoms with Crippen molar-refractivity contribution in [3.05, 3.63) is 42.5 Å². The molecule has 1 aliphatic heterocycles. The first-order valence-corrected chi connectivity index (χ1v) is 9.73. The third-order valence-electron chi connectivity index (χ3n) is 4.67. The summed E-state index contributed by atoms with van der Waals surface area (Å²) in [5, 5.41) is 20.7. The monoisotopic (exact) mass is 420 g/mol. The van der Waals surface area contributed by atoms with Crippen LogP contribution in [0.4, 0.5) is 5.82 Å². The quantitative estimate of drug-likeness (QED) is 0.441. The molecule has 1 saturated heterocycles. The Bertz CT molecular complexity index is 1030. The lowest BCUT2D eigenvalue weighted by Crippen LogP contribution is -2.33. The number of fused-ring (bicyclic) bond motifs is 1. The highest BCUT2D eigenvalue weighted by Crippen LogP contribution is 2.32. The smallest absolute Gasteiger partial charge is 0.167 e. The van der Waals surface area contributed by atoms with Crippen LogP contribution in [0.25, 0.3) is 11.2 Å². The van der Waals surface area contributed by atoms with Crippen molar-refractivity contribution < 1.29 is 28.4 Å². The van der Waals surface area contributed by atoms with Gasteiger partial charge in [0.1, 0.15) is 30.2 Å². The van der Waals surface area contributed by atoms with Gasteiger partial charge in [0.25, 0.3) is 0 Å². The third-order valence-corrected chi connectivity index (χ3v) is 5.32. The van der Waals surface area contributed by atoms with Gasteiger partial charge in [-0.3, -0.25) is 8.78 Å². The fraction of sp³-hybridized carbons (Fsp3) is 0.353. The number of hydrogen-bond donors (Lipinski definition) is 3. The summed E-state index contributed by atoms with van der Waals surface area (Å²) in [6.07, 6.45) is -1.39. The number of benzene rings is 1. The maximum atomic E-state index is 10.9. The summed E-state index contributed by atoms with van der Waals surface area (Å²) in [6.45, 7) is 0.213. The number of aliphatic hydroxyl groups is 2. The minimum Gasteiger partial charge on any atom is -0.768 e. The van der Waals surface area contributed by atoms with Gasteiger partial charge >= 0.3 is 0 Å². The molecule has 0 spiro atoms. The van der Waals surface area contributed by atoms with Gasteiger partial charge in [0.15, 0.2) is 17.7 Å². The molecule has 3 aromatic rings. The van der Waals surface area contributed by atoms with Gasteiger partial charge < -0.3 is 30.0 Å². The number of nitrogen functional groups attached to an aromatic ring is 1. The Morgan fingerprint density at radius 2 is 1.97 bits per heavy atom. The minimum absolute atomic E-state index is 0.0215. The van der Waals surface area contributed by atoms with Crippen molar-refractivity contribution in [3.63, 3.8) is 0 Å². The van der Waals surface area contributed by atoms with E-state index in [4.69, 9.17) is 15.2 Å². The molecular weight excluding hydrogens is 402 g/mol. The molecule has 0 aliphatic carbocycles. The largest absolute Gasteiger partial charge is 0.768 e. The fourth-order valence-corrected chi connectivity index (χ4v) is 3.50. The molecule has 1 fully saturated rings. The fourth-order valence-electron chi connectivity index (χ4n) is 3.14. The normalized spacial score (nSPS) is 25.5. The van der Waals surface area contributed by atoms with E-state index in [1.165, 1.54) is 29.4 Å². The van der Waals surface area contributed by atoms with Gasteiger partial charge in [0.05, 0.1) is 19.5 Å². The zero-order chi connectivity index (χ0) is 20.5. The summed E-state index contributed by atoms with van der Waals surface area (Å²) in [5.74, 6) is 0.202. The van der Waals surface area contributed by atoms with Crippen molar-refractivity contribution >= 4 is 28.1 Å². The van der Waals surface area contributed by atoms with E-state index >= 15 is 0 Å². The Morgan fingerprint density at radius 3 is 2.69 bits per heavy atom. The van der Waals surface area contributed by atoms with Crippen LogP contribution < -0.4 is 5.73 Å². The van der Waals surface area contributed by atoms with E-state index in [1.807, 2.05) is 0 Å². The lowest BCUT2D eigenvalue weighted by atomic mass is 10.1. The van der Waals surface area contributed by atoms with Crippen LogP contribution in [0.3, 0.4) is 0 Å². The molecule has 4 N–H and O–H groups in total. The van der Waals surface area contributed by atoms with E-state index in [9.17, 15) is 19.0 Å². The van der Waals surface area contributed by atoms with Crippen molar-refractivity contribution in [3.8, 4) is 0 Å². The molecular formula is C17H18N5O6S-. The molecule has 29 heavy (non-hydrogen) atoms. The predicted octanol–water partition coefficient (Wildman–Crippen LogP) is -0.518. The van der Waals surface area contributed by atoms with Crippen LogP contribution in [0.2, 0.25) is 0 Å². The molecule has 3 heterocycles. The molecule has 1 aromatic carbocycles. The molecule has 154 valence electrons. The van der Waals surface area contributed by atoms with Gasteiger partial charge in [-0.2, -0.15) is 0 Å². The minimum atomic E-state index is -2.28. The first-order valence-electron chi connectivity index (χ1n) is 8.66. The summed E-state index contributed by atoms with van der Waals surface area (Å²) < 4.78 is 34.6. The first kappa shape index (κ1) is 19.8. The van der Waals surface area contributed by atoms with E-state index < -0.39 is 35.6 Å². The second-order valence-corrected chi connectivity index (χ2v) is 7.46. The van der Waals surface area contributed by atoms with Crippen molar-refractivity contribution in [2.75, 3.05) is 12.3 Å². The maximum absolute atomic E-state index is 10.9. The Balaban J connectivity index is 1.41. The Kier molecular flexibility index (Phi) is 5.54. The highest BCUT2D eigenvalue weighted by Gasteiger charge is 2.44. The Labute approximate surface area is 167 Å². The van der Waals surface area contributed by atoms with E-state index in [0.717, 1.165) is 5.56 Å². The number of ether oxygens (including phenoxy) is 2. The number of anilines is 1. The van der Waals surface area contributed by atoms with Crippen molar-refractivity contribution in [1.29, 1.82) is 0 Å². The standard InChI is InChI=1S/C17H19N5O6S/c18-15-12-16(20-7-19-15)22(8-21-12)17-14(24)13(23)11(28-17)6-27-5-9-1-3-10(4-2-9)29(25)26/h1-4,7-8,11,13-14,17,23-24H,5-6H2,(H,25,26)(H2,18,19,20)/p-1/t11?,13-,14-,17-/m1/s1. The zero-order valence-electron chi connectivity index (χ0n) is 15.0. The van der Waals surface area contributed by atoms with E-state index in [1.54, 1.807) is 12.1 Å². The molecule has 0 radical (unpaired) electrons. The second-order valence-electron chi connectivity index (χ2n) is 6.52. The highest BCUT2D eigenvalue weighted by molar-refractivity contribution is 7.79. The Hall–Kier alpha value is -2.48. The summed E-state index contributed by atoms with van der Waals surface area (Å²) in [6, 6.07) is 6.22. The molecule has 0 amide bonds. The molecule has 0 saturated carbocycles. The zero-order valence-corrected chi connectivity index (χ0v) is 15.8. The Morgan fingerprint density at radius 1 is 1.21 bits per heavy atom. The summed E-state index contributed by atoms with van der Waals surface area (Å²) >= 11 is -2.28. The van der Waals surface area contributed by atoms with Gasteiger partial charge in [0, 0.05) is 4.90 Å². The van der Waals surface area contributed by atoms with Crippen molar-refractivity contribution in [2.24, 2.45) is 0 Å². The van der Waals surface area contributed by atoms with Gasteiger partial charge in [-0.05, 0) is 28.8 Å². The molecule has 11 nitrogen and oxygen atoms in total. The summed E-state index contributed by atoms with van der Waals surface area (Å²) in [5.41, 5.74) is 7.29. The average molecular weight is 420 g/mol. The number of nitrogens with zero attached hydrogens (tertiary/aromatic N) is 4. The molecule has 2 unspecified atom stereocenters. The number of rotatable bonds is 6. The summed E-state index contributed by atoms with van der Waals surface area (Å²) in [7, 11) is 0. The van der Waals surface area contributed by atoms with E-state index in [-0.39, 0.29) is 23.9 Å². The van der Waals surface area contributed by atoms with Gasteiger partial charge in [-0.25, -0.2) is 15.0 Å². The number of imidazole rings is 1. The predicted molar refractivity (Wildman–Crippen MR) is 98.9 cm³/mol. The number of aliphatic hydroxyl groups excluding tert-OH is 2. The van der Waals surface area contributed by atoms with Crippen LogP contribution in [0.1, 0.15) is 11.8 Å². The molecule has 0 bridgehead atoms. The molecule has 12 heteroatoms. The highest BCUT2D eigenvalue weighted by atomic mass is 32.2. The lowest BCUT2D eigenvalue weighted by molar-refractivity contribution is -0.0682. The van der Waals surface area contributed by atoms with Gasteiger partial charge in [0.2, 0.25) is 0 Å². The third kappa shape index (κ3) is 3.85. The average Bonchev–Trinajstić information content (AvgIpc) is 3.26. The molecule has 5 atom stereocenters. The van der Waals surface area contributed by atoms with Crippen LogP contribution in [0.15, 0.2) is 41.8 Å². The van der Waals surface area contributed by atoms with Crippen LogP contribution in [0, 0.1) is 0 Å². The van der Waals surface area contributed by atoms with E-state index in [0.29, 0.717) is 11.2 Å².